The number of carbonyl (C=O) groups excluding carboxylic acids is 1. The van der Waals surface area contributed by atoms with Crippen LogP contribution in [0.4, 0.5) is 0 Å². The van der Waals surface area contributed by atoms with E-state index in [-0.39, 0.29) is 5.91 Å². The number of hydrogen-bond acceptors (Lipinski definition) is 3. The van der Waals surface area contributed by atoms with Crippen LogP contribution in [0.1, 0.15) is 41.4 Å². The van der Waals surface area contributed by atoms with E-state index >= 15 is 0 Å². The predicted octanol–water partition coefficient (Wildman–Crippen LogP) is 4.69. The maximum Gasteiger partial charge on any atom is 0.255 e. The molecule has 5 heteroatoms. The minimum atomic E-state index is 0.0226. The van der Waals surface area contributed by atoms with E-state index < -0.39 is 0 Å². The number of rotatable bonds is 7. The molecule has 5 nitrogen and oxygen atoms in total. The largest absolute Gasteiger partial charge is 0.342 e. The number of amides is 1. The van der Waals surface area contributed by atoms with Crippen LogP contribution in [0, 0.1) is 5.92 Å². The van der Waals surface area contributed by atoms with Gasteiger partial charge in [-0.3, -0.25) is 9.36 Å². The summed E-state index contributed by atoms with van der Waals surface area (Å²) >= 11 is 0. The molecule has 1 aromatic carbocycles. The Hall–Kier alpha value is -2.92. The van der Waals surface area contributed by atoms with Crippen molar-refractivity contribution in [2.24, 2.45) is 5.92 Å². The summed E-state index contributed by atoms with van der Waals surface area (Å²) in [5.74, 6) is 1.61. The molecule has 1 unspecified atom stereocenters. The molecule has 1 amide bonds. The molecule has 0 saturated heterocycles. The number of fused-ring (bicyclic) bond motifs is 1. The lowest BCUT2D eigenvalue weighted by molar-refractivity contribution is 0.0790. The molecule has 0 N–H and O–H groups in total. The van der Waals surface area contributed by atoms with E-state index in [4.69, 9.17) is 4.98 Å². The van der Waals surface area contributed by atoms with Gasteiger partial charge in [0.15, 0.2) is 0 Å². The van der Waals surface area contributed by atoms with Crippen LogP contribution in [0.25, 0.3) is 17.1 Å². The van der Waals surface area contributed by atoms with E-state index in [0.717, 1.165) is 38.2 Å². The summed E-state index contributed by atoms with van der Waals surface area (Å²) < 4.78 is 2.30. The van der Waals surface area contributed by atoms with Crippen molar-refractivity contribution in [1.82, 2.24) is 19.4 Å². The minimum absolute atomic E-state index is 0.0226. The normalized spacial score (nSPS) is 15.6. The van der Waals surface area contributed by atoms with Gasteiger partial charge in [0, 0.05) is 25.5 Å². The molecule has 0 saturated carbocycles. The second-order valence-electron chi connectivity index (χ2n) is 9.34. The summed E-state index contributed by atoms with van der Waals surface area (Å²) in [7, 11) is 5.96. The Morgan fingerprint density at radius 3 is 2.56 bits per heavy atom. The number of hydrogen-bond donors (Lipinski definition) is 0. The van der Waals surface area contributed by atoms with Crippen LogP contribution < -0.4 is 0 Å². The van der Waals surface area contributed by atoms with Gasteiger partial charge in [0.05, 0.1) is 11.3 Å². The van der Waals surface area contributed by atoms with Crippen molar-refractivity contribution in [3.05, 3.63) is 71.5 Å². The summed E-state index contributed by atoms with van der Waals surface area (Å²) in [6, 6.07) is 16.8. The molecule has 4 rings (SSSR count). The number of carbonyl (C=O) groups is 1. The fourth-order valence-corrected chi connectivity index (χ4v) is 4.59. The first-order chi connectivity index (χ1) is 15.4. The Morgan fingerprint density at radius 1 is 1.09 bits per heavy atom. The van der Waals surface area contributed by atoms with Crippen molar-refractivity contribution in [1.29, 1.82) is 0 Å². The van der Waals surface area contributed by atoms with Crippen molar-refractivity contribution in [2.75, 3.05) is 34.2 Å². The molecular formula is C27H34N4O. The predicted molar refractivity (Wildman–Crippen MR) is 130 cm³/mol. The van der Waals surface area contributed by atoms with Gasteiger partial charge in [-0.1, -0.05) is 37.3 Å². The van der Waals surface area contributed by atoms with Crippen LogP contribution in [-0.4, -0.2) is 59.5 Å². The standard InChI is InChI=1S/C27H34N4O/c1-20-11-13-24-23(17-20)18-25(21-9-6-5-7-10-21)31(24)26-14-12-22(19-28-26)27(32)30(4)16-8-15-29(2)3/h5-7,9-10,12,14,18-20H,8,11,13,15-17H2,1-4H3. The van der Waals surface area contributed by atoms with Gasteiger partial charge in [-0.05, 0) is 81.6 Å². The van der Waals surface area contributed by atoms with Gasteiger partial charge >= 0.3 is 0 Å². The zero-order valence-electron chi connectivity index (χ0n) is 19.7. The first-order valence-electron chi connectivity index (χ1n) is 11.6. The van der Waals surface area contributed by atoms with Gasteiger partial charge < -0.3 is 9.80 Å². The summed E-state index contributed by atoms with van der Waals surface area (Å²) in [5, 5.41) is 0. The third kappa shape index (κ3) is 4.78. The average molecular weight is 431 g/mol. The topological polar surface area (TPSA) is 41.4 Å². The number of pyridine rings is 1. The Bertz CT molecular complexity index is 1050. The Morgan fingerprint density at radius 2 is 1.88 bits per heavy atom. The van der Waals surface area contributed by atoms with Crippen LogP contribution in [-0.2, 0) is 12.8 Å². The quantitative estimate of drug-likeness (QED) is 0.546. The third-order valence-electron chi connectivity index (χ3n) is 6.37. The van der Waals surface area contributed by atoms with Gasteiger partial charge in [0.25, 0.3) is 5.91 Å². The van der Waals surface area contributed by atoms with Crippen molar-refractivity contribution in [3.8, 4) is 17.1 Å². The zero-order chi connectivity index (χ0) is 22.7. The lowest BCUT2D eigenvalue weighted by Gasteiger charge is -2.21. The van der Waals surface area contributed by atoms with Crippen LogP contribution in [0.2, 0.25) is 0 Å². The number of aromatic nitrogens is 2. The molecule has 1 atom stereocenters. The second kappa shape index (κ2) is 9.70. The molecule has 1 aliphatic rings. The highest BCUT2D eigenvalue weighted by Crippen LogP contribution is 2.35. The molecule has 1 aliphatic carbocycles. The van der Waals surface area contributed by atoms with E-state index in [9.17, 15) is 4.79 Å². The number of nitrogens with zero attached hydrogens (tertiary/aromatic N) is 4. The van der Waals surface area contributed by atoms with E-state index in [2.05, 4.69) is 60.8 Å². The molecule has 2 aromatic heterocycles. The summed E-state index contributed by atoms with van der Waals surface area (Å²) in [6.07, 6.45) is 6.04. The van der Waals surface area contributed by atoms with Crippen molar-refractivity contribution in [3.63, 3.8) is 0 Å². The minimum Gasteiger partial charge on any atom is -0.342 e. The smallest absolute Gasteiger partial charge is 0.255 e. The summed E-state index contributed by atoms with van der Waals surface area (Å²) in [4.78, 5) is 21.5. The van der Waals surface area contributed by atoms with Gasteiger partial charge in [-0.25, -0.2) is 4.98 Å². The van der Waals surface area contributed by atoms with Crippen LogP contribution in [0.5, 0.6) is 0 Å². The third-order valence-corrected chi connectivity index (χ3v) is 6.37. The molecule has 0 bridgehead atoms. The fraction of sp³-hybridized carbons (Fsp3) is 0.407. The molecule has 3 aromatic rings. The van der Waals surface area contributed by atoms with Gasteiger partial charge in [-0.2, -0.15) is 0 Å². The summed E-state index contributed by atoms with van der Waals surface area (Å²) in [6.45, 7) is 4.03. The van der Waals surface area contributed by atoms with E-state index in [1.807, 2.05) is 25.2 Å². The maximum atomic E-state index is 12.8. The maximum absolute atomic E-state index is 12.8. The molecular weight excluding hydrogens is 396 g/mol. The van der Waals surface area contributed by atoms with Crippen LogP contribution in [0.15, 0.2) is 54.7 Å². The van der Waals surface area contributed by atoms with Gasteiger partial charge in [0.2, 0.25) is 0 Å². The molecule has 0 fully saturated rings. The summed E-state index contributed by atoms with van der Waals surface area (Å²) in [5.41, 5.74) is 5.78. The van der Waals surface area contributed by atoms with E-state index in [0.29, 0.717) is 11.5 Å². The fourth-order valence-electron chi connectivity index (χ4n) is 4.59. The lowest BCUT2D eigenvalue weighted by atomic mass is 9.89. The van der Waals surface area contributed by atoms with Crippen LogP contribution in [0.3, 0.4) is 0 Å². The average Bonchev–Trinajstić information content (AvgIpc) is 3.17. The van der Waals surface area contributed by atoms with Gasteiger partial charge in [-0.15, -0.1) is 0 Å². The highest BCUT2D eigenvalue weighted by atomic mass is 16.2. The number of benzene rings is 1. The molecule has 168 valence electrons. The Labute approximate surface area is 191 Å². The monoisotopic (exact) mass is 430 g/mol. The highest BCUT2D eigenvalue weighted by Gasteiger charge is 2.24. The SMILES string of the molecule is CC1CCc2c(cc(-c3ccccc3)n2-c2ccc(C(=O)N(C)CCCN(C)C)cn2)C1. The van der Waals surface area contributed by atoms with E-state index in [1.165, 1.54) is 28.9 Å². The first kappa shape index (κ1) is 22.3. The molecule has 0 aliphatic heterocycles. The van der Waals surface area contributed by atoms with Crippen molar-refractivity contribution < 1.29 is 4.79 Å². The van der Waals surface area contributed by atoms with Gasteiger partial charge in [0.1, 0.15) is 5.82 Å². The highest BCUT2D eigenvalue weighted by molar-refractivity contribution is 5.93. The molecule has 2 heterocycles. The molecule has 0 spiro atoms. The molecule has 32 heavy (non-hydrogen) atoms. The van der Waals surface area contributed by atoms with Crippen molar-refractivity contribution in [2.45, 2.75) is 32.6 Å². The zero-order valence-corrected chi connectivity index (χ0v) is 19.7. The van der Waals surface area contributed by atoms with Crippen molar-refractivity contribution >= 4 is 5.91 Å². The first-order valence-corrected chi connectivity index (χ1v) is 11.6. The lowest BCUT2D eigenvalue weighted by Crippen LogP contribution is -2.29. The second-order valence-corrected chi connectivity index (χ2v) is 9.34. The van der Waals surface area contributed by atoms with E-state index in [1.54, 1.807) is 11.1 Å². The van der Waals surface area contributed by atoms with Crippen LogP contribution >= 0.6 is 0 Å². The molecule has 0 radical (unpaired) electrons. The Kier molecular flexibility index (Phi) is 6.75. The Balaban J connectivity index is 1.62.